The molecule has 0 unspecified atom stereocenters. The van der Waals surface area contributed by atoms with Crippen molar-refractivity contribution in [3.8, 4) is 0 Å². The van der Waals surface area contributed by atoms with Gasteiger partial charge in [0.1, 0.15) is 0 Å². The number of carbonyl (C=O) groups is 2. The average Bonchev–Trinajstić information content (AvgIpc) is 3.17. The third-order valence-corrected chi connectivity index (χ3v) is 5.58. The molecule has 1 aromatic rings. The molecule has 26 heavy (non-hydrogen) atoms. The van der Waals surface area contributed by atoms with E-state index in [0.717, 1.165) is 31.0 Å². The van der Waals surface area contributed by atoms with Crippen LogP contribution in [-0.4, -0.2) is 18.5 Å². The first-order valence-corrected chi connectivity index (χ1v) is 8.92. The molecule has 2 fully saturated rings. The van der Waals surface area contributed by atoms with Gasteiger partial charge in [0.05, 0.1) is 16.3 Å². The molecule has 0 saturated heterocycles. The Balaban J connectivity index is 1.49. The molecule has 0 aromatic heterocycles. The van der Waals surface area contributed by atoms with E-state index in [0.29, 0.717) is 24.2 Å². The second-order valence-corrected chi connectivity index (χ2v) is 7.45. The van der Waals surface area contributed by atoms with Gasteiger partial charge in [-0.05, 0) is 55.2 Å². The number of halogens is 4. The van der Waals surface area contributed by atoms with Crippen molar-refractivity contribution in [1.29, 1.82) is 0 Å². The highest BCUT2D eigenvalue weighted by molar-refractivity contribution is 6.33. The van der Waals surface area contributed by atoms with Crippen molar-refractivity contribution in [3.05, 3.63) is 28.8 Å². The number of rotatable bonds is 5. The summed E-state index contributed by atoms with van der Waals surface area (Å²) in [5.74, 6) is 0.428. The molecule has 8 heteroatoms. The molecule has 1 amide bonds. The highest BCUT2D eigenvalue weighted by atomic mass is 35.5. The number of nitrogens with one attached hydrogen (secondary N) is 1. The highest BCUT2D eigenvalue weighted by Gasteiger charge is 2.40. The standard InChI is InChI=1S/C18H19ClF3NO3/c19-14-4-3-13(18(20,21)22)8-15(14)23-16(24)9-26-17(25)7-12-6-10-1-2-11(12)5-10/h3-4,8,10-12H,1-2,5-7,9H2,(H,23,24)/t10-,11+,12-/m0/s1. The number of anilines is 1. The molecule has 3 rings (SSSR count). The molecule has 4 nitrogen and oxygen atoms in total. The number of alkyl halides is 3. The van der Waals surface area contributed by atoms with Crippen molar-refractivity contribution >= 4 is 29.2 Å². The summed E-state index contributed by atoms with van der Waals surface area (Å²) in [6, 6.07) is 2.63. The maximum absolute atomic E-state index is 12.7. The van der Waals surface area contributed by atoms with Crippen molar-refractivity contribution in [3.63, 3.8) is 0 Å². The summed E-state index contributed by atoms with van der Waals surface area (Å²) in [6.45, 7) is -0.549. The van der Waals surface area contributed by atoms with Crippen LogP contribution in [0.25, 0.3) is 0 Å². The van der Waals surface area contributed by atoms with Crippen LogP contribution in [0.15, 0.2) is 18.2 Å². The molecule has 2 bridgehead atoms. The zero-order valence-electron chi connectivity index (χ0n) is 13.9. The lowest BCUT2D eigenvalue weighted by Crippen LogP contribution is -2.23. The Kier molecular flexibility index (Phi) is 5.46. The number of ether oxygens (including phenoxy) is 1. The highest BCUT2D eigenvalue weighted by Crippen LogP contribution is 2.49. The molecule has 1 N–H and O–H groups in total. The lowest BCUT2D eigenvalue weighted by molar-refractivity contribution is -0.148. The fraction of sp³-hybridized carbons (Fsp3) is 0.556. The lowest BCUT2D eigenvalue weighted by atomic mass is 9.86. The molecular weight excluding hydrogens is 371 g/mol. The lowest BCUT2D eigenvalue weighted by Gasteiger charge is -2.20. The summed E-state index contributed by atoms with van der Waals surface area (Å²) < 4.78 is 43.1. The largest absolute Gasteiger partial charge is 0.456 e. The second kappa shape index (κ2) is 7.47. The molecule has 0 aliphatic heterocycles. The van der Waals surface area contributed by atoms with E-state index in [1.54, 1.807) is 0 Å². The quantitative estimate of drug-likeness (QED) is 0.745. The van der Waals surface area contributed by atoms with Crippen LogP contribution in [0.3, 0.4) is 0 Å². The Morgan fingerprint density at radius 3 is 2.62 bits per heavy atom. The third-order valence-electron chi connectivity index (χ3n) is 5.25. The summed E-state index contributed by atoms with van der Waals surface area (Å²) in [7, 11) is 0. The number of amides is 1. The van der Waals surface area contributed by atoms with Gasteiger partial charge in [0.25, 0.3) is 5.91 Å². The minimum absolute atomic E-state index is 0.0281. The Hall–Kier alpha value is -1.76. The Morgan fingerprint density at radius 1 is 1.23 bits per heavy atom. The van der Waals surface area contributed by atoms with Gasteiger partial charge in [0.15, 0.2) is 6.61 Å². The van der Waals surface area contributed by atoms with E-state index < -0.39 is 30.2 Å². The van der Waals surface area contributed by atoms with Crippen LogP contribution in [0.4, 0.5) is 18.9 Å². The zero-order chi connectivity index (χ0) is 18.9. The van der Waals surface area contributed by atoms with Gasteiger partial charge >= 0.3 is 12.1 Å². The molecule has 0 heterocycles. The van der Waals surface area contributed by atoms with Gasteiger partial charge in [-0.25, -0.2) is 0 Å². The van der Waals surface area contributed by atoms with Gasteiger partial charge in [-0.2, -0.15) is 13.2 Å². The van der Waals surface area contributed by atoms with Gasteiger partial charge in [-0.15, -0.1) is 0 Å². The number of hydrogen-bond acceptors (Lipinski definition) is 3. The molecule has 0 radical (unpaired) electrons. The number of benzene rings is 1. The van der Waals surface area contributed by atoms with Gasteiger partial charge in [-0.1, -0.05) is 18.0 Å². The normalized spacial score (nSPS) is 24.5. The second-order valence-electron chi connectivity index (χ2n) is 7.04. The van der Waals surface area contributed by atoms with E-state index >= 15 is 0 Å². The Morgan fingerprint density at radius 2 is 2.00 bits per heavy atom. The molecule has 0 spiro atoms. The van der Waals surface area contributed by atoms with Crippen LogP contribution >= 0.6 is 11.6 Å². The maximum atomic E-state index is 12.7. The first-order valence-electron chi connectivity index (χ1n) is 8.54. The first kappa shape index (κ1) is 19.0. The summed E-state index contributed by atoms with van der Waals surface area (Å²) in [6.07, 6.45) is 0.335. The Labute approximate surface area is 154 Å². The van der Waals surface area contributed by atoms with Crippen molar-refractivity contribution in [2.75, 3.05) is 11.9 Å². The predicted octanol–water partition coefficient (Wildman–Crippen LogP) is 4.67. The monoisotopic (exact) mass is 389 g/mol. The summed E-state index contributed by atoms with van der Waals surface area (Å²) in [5, 5.41) is 2.22. The van der Waals surface area contributed by atoms with E-state index in [2.05, 4.69) is 5.32 Å². The average molecular weight is 390 g/mol. The van der Waals surface area contributed by atoms with Gasteiger partial charge in [0, 0.05) is 6.42 Å². The number of esters is 1. The number of carbonyl (C=O) groups excluding carboxylic acids is 2. The van der Waals surface area contributed by atoms with Gasteiger partial charge in [-0.3, -0.25) is 9.59 Å². The van der Waals surface area contributed by atoms with Crippen LogP contribution < -0.4 is 5.32 Å². The van der Waals surface area contributed by atoms with Crippen LogP contribution in [0, 0.1) is 17.8 Å². The smallest absolute Gasteiger partial charge is 0.416 e. The number of hydrogen-bond donors (Lipinski definition) is 1. The molecule has 2 aliphatic rings. The summed E-state index contributed by atoms with van der Waals surface area (Å²) >= 11 is 5.81. The third kappa shape index (κ3) is 4.50. The van der Waals surface area contributed by atoms with E-state index in [-0.39, 0.29) is 10.7 Å². The van der Waals surface area contributed by atoms with E-state index in [1.807, 2.05) is 0 Å². The molecule has 142 valence electrons. The molecular formula is C18H19ClF3NO3. The molecule has 2 aliphatic carbocycles. The fourth-order valence-electron chi connectivity index (χ4n) is 4.03. The predicted molar refractivity (Wildman–Crippen MR) is 89.6 cm³/mol. The van der Waals surface area contributed by atoms with Crippen LogP contribution in [0.1, 0.15) is 37.7 Å². The van der Waals surface area contributed by atoms with Crippen LogP contribution in [0.5, 0.6) is 0 Å². The van der Waals surface area contributed by atoms with Gasteiger partial charge in [0.2, 0.25) is 0 Å². The van der Waals surface area contributed by atoms with Crippen molar-refractivity contribution in [2.45, 2.75) is 38.3 Å². The van der Waals surface area contributed by atoms with Crippen molar-refractivity contribution in [2.24, 2.45) is 17.8 Å². The SMILES string of the molecule is O=C(COC(=O)C[C@@H]1C[C@H]2CC[C@@H]1C2)Nc1cc(C(F)(F)F)ccc1Cl. The van der Waals surface area contributed by atoms with E-state index in [9.17, 15) is 22.8 Å². The number of fused-ring (bicyclic) bond motifs is 2. The summed E-state index contributed by atoms with van der Waals surface area (Å²) in [5.41, 5.74) is -1.10. The Bertz CT molecular complexity index is 707. The summed E-state index contributed by atoms with van der Waals surface area (Å²) in [4.78, 5) is 23.8. The van der Waals surface area contributed by atoms with E-state index in [1.165, 1.54) is 12.8 Å². The topological polar surface area (TPSA) is 55.4 Å². The fourth-order valence-corrected chi connectivity index (χ4v) is 4.19. The molecule has 3 atom stereocenters. The van der Waals surface area contributed by atoms with Crippen LogP contribution in [0.2, 0.25) is 5.02 Å². The van der Waals surface area contributed by atoms with E-state index in [4.69, 9.17) is 16.3 Å². The zero-order valence-corrected chi connectivity index (χ0v) is 14.7. The maximum Gasteiger partial charge on any atom is 0.416 e. The minimum atomic E-state index is -4.54. The van der Waals surface area contributed by atoms with Crippen LogP contribution in [-0.2, 0) is 20.5 Å². The van der Waals surface area contributed by atoms with Crippen molar-refractivity contribution in [1.82, 2.24) is 0 Å². The van der Waals surface area contributed by atoms with Gasteiger partial charge < -0.3 is 10.1 Å². The van der Waals surface area contributed by atoms with Crippen molar-refractivity contribution < 1.29 is 27.5 Å². The first-order chi connectivity index (χ1) is 12.2. The molecule has 1 aromatic carbocycles. The minimum Gasteiger partial charge on any atom is -0.456 e. The molecule has 2 saturated carbocycles.